The lowest BCUT2D eigenvalue weighted by Gasteiger charge is -2.20. The maximum atomic E-state index is 12.2. The molecular weight excluding hydrogens is 344 g/mol. The molecule has 7 heteroatoms. The zero-order valence-electron chi connectivity index (χ0n) is 15.5. The van der Waals surface area contributed by atoms with Crippen molar-refractivity contribution in [2.24, 2.45) is 5.41 Å². The zero-order valence-corrected chi connectivity index (χ0v) is 15.5. The number of carbonyl (C=O) groups excluding carboxylic acids is 2. The second kappa shape index (κ2) is 6.49. The average molecular weight is 368 g/mol. The number of aliphatic hydroxyl groups excluding tert-OH is 1. The van der Waals surface area contributed by atoms with E-state index in [0.717, 1.165) is 16.9 Å². The summed E-state index contributed by atoms with van der Waals surface area (Å²) in [4.78, 5) is 26.1. The van der Waals surface area contributed by atoms with E-state index >= 15 is 0 Å². The van der Waals surface area contributed by atoms with Crippen LogP contribution in [0.4, 0.5) is 11.5 Å². The molecule has 142 valence electrons. The van der Waals surface area contributed by atoms with Crippen LogP contribution in [0, 0.1) is 5.41 Å². The molecule has 1 atom stereocenters. The summed E-state index contributed by atoms with van der Waals surface area (Å²) in [6.07, 6.45) is 1.59. The van der Waals surface area contributed by atoms with Crippen LogP contribution in [0.1, 0.15) is 43.9 Å². The number of nitrogens with zero attached hydrogens (tertiary/aromatic N) is 2. The van der Waals surface area contributed by atoms with Crippen LogP contribution in [-0.2, 0) is 16.0 Å². The summed E-state index contributed by atoms with van der Waals surface area (Å²) >= 11 is 0. The third-order valence-corrected chi connectivity index (χ3v) is 5.30. The Bertz CT molecular complexity index is 868. The number of H-pyrrole nitrogens is 1. The molecule has 2 aliphatic rings. The number of hydrogen-bond acceptors (Lipinski definition) is 4. The molecule has 7 nitrogen and oxygen atoms in total. The van der Waals surface area contributed by atoms with E-state index in [4.69, 9.17) is 0 Å². The first-order valence-corrected chi connectivity index (χ1v) is 9.27. The van der Waals surface area contributed by atoms with Gasteiger partial charge in [0.1, 0.15) is 6.10 Å². The highest BCUT2D eigenvalue weighted by atomic mass is 16.3. The number of rotatable bonds is 5. The average Bonchev–Trinajstić information content (AvgIpc) is 3.34. The largest absolute Gasteiger partial charge is 0.383 e. The zero-order chi connectivity index (χ0) is 19.2. The summed E-state index contributed by atoms with van der Waals surface area (Å²) in [6.45, 7) is 4.21. The van der Waals surface area contributed by atoms with Crippen molar-refractivity contribution in [2.45, 2.75) is 45.1 Å². The van der Waals surface area contributed by atoms with Crippen LogP contribution in [0.2, 0.25) is 0 Å². The fourth-order valence-corrected chi connectivity index (χ4v) is 3.44. The number of anilines is 2. The molecule has 0 bridgehead atoms. The van der Waals surface area contributed by atoms with Gasteiger partial charge in [0.2, 0.25) is 5.91 Å². The van der Waals surface area contributed by atoms with Gasteiger partial charge < -0.3 is 15.3 Å². The molecule has 1 saturated carbocycles. The van der Waals surface area contributed by atoms with Crippen LogP contribution in [0.25, 0.3) is 0 Å². The predicted octanol–water partition coefficient (Wildman–Crippen LogP) is 2.20. The van der Waals surface area contributed by atoms with Crippen LogP contribution >= 0.6 is 0 Å². The maximum absolute atomic E-state index is 12.2. The summed E-state index contributed by atoms with van der Waals surface area (Å²) in [5, 5.41) is 20.0. The molecule has 1 unspecified atom stereocenters. The molecule has 1 aromatic carbocycles. The van der Waals surface area contributed by atoms with Crippen molar-refractivity contribution in [1.82, 2.24) is 10.2 Å². The van der Waals surface area contributed by atoms with Gasteiger partial charge in [0, 0.05) is 35.3 Å². The van der Waals surface area contributed by atoms with Crippen molar-refractivity contribution in [3.63, 3.8) is 0 Å². The number of hydrogen-bond donors (Lipinski definition) is 3. The Morgan fingerprint density at radius 3 is 2.63 bits per heavy atom. The normalized spacial score (nSPS) is 21.5. The Labute approximate surface area is 157 Å². The highest BCUT2D eigenvalue weighted by Crippen LogP contribution is 2.39. The van der Waals surface area contributed by atoms with Gasteiger partial charge in [0.15, 0.2) is 5.82 Å². The molecule has 1 aliphatic heterocycles. The van der Waals surface area contributed by atoms with E-state index < -0.39 is 11.5 Å². The van der Waals surface area contributed by atoms with Crippen molar-refractivity contribution in [3.8, 4) is 0 Å². The van der Waals surface area contributed by atoms with Gasteiger partial charge in [-0.15, -0.1) is 0 Å². The van der Waals surface area contributed by atoms with Crippen molar-refractivity contribution >= 4 is 23.3 Å². The van der Waals surface area contributed by atoms with Crippen molar-refractivity contribution in [2.75, 3.05) is 16.8 Å². The smallest absolute Gasteiger partial charge is 0.256 e. The first-order chi connectivity index (χ1) is 12.8. The van der Waals surface area contributed by atoms with Crippen LogP contribution in [0.3, 0.4) is 0 Å². The summed E-state index contributed by atoms with van der Waals surface area (Å²) in [5.41, 5.74) is 2.18. The quantitative estimate of drug-likeness (QED) is 0.753. The van der Waals surface area contributed by atoms with Crippen molar-refractivity contribution < 1.29 is 14.7 Å². The number of carbonyl (C=O) groups is 2. The first kappa shape index (κ1) is 17.7. The third kappa shape index (κ3) is 3.60. The lowest BCUT2D eigenvalue weighted by molar-refractivity contribution is -0.126. The number of nitrogens with one attached hydrogen (secondary N) is 2. The molecule has 1 aromatic heterocycles. The van der Waals surface area contributed by atoms with Gasteiger partial charge in [-0.25, -0.2) is 0 Å². The number of amides is 2. The van der Waals surface area contributed by atoms with Crippen LogP contribution in [0.15, 0.2) is 30.3 Å². The molecule has 1 saturated heterocycles. The van der Waals surface area contributed by atoms with E-state index in [1.165, 1.54) is 12.8 Å². The van der Waals surface area contributed by atoms with Crippen LogP contribution in [-0.4, -0.2) is 39.8 Å². The molecule has 0 spiro atoms. The predicted molar refractivity (Wildman–Crippen MR) is 101 cm³/mol. The highest BCUT2D eigenvalue weighted by Gasteiger charge is 2.45. The summed E-state index contributed by atoms with van der Waals surface area (Å²) in [5.74, 6) is 0.700. The maximum Gasteiger partial charge on any atom is 0.256 e. The van der Waals surface area contributed by atoms with Gasteiger partial charge in [-0.2, -0.15) is 5.10 Å². The molecule has 2 amide bonds. The fourth-order valence-electron chi connectivity index (χ4n) is 3.44. The lowest BCUT2D eigenvalue weighted by Crippen LogP contribution is -2.30. The topological polar surface area (TPSA) is 98.3 Å². The van der Waals surface area contributed by atoms with Crippen LogP contribution in [0.5, 0.6) is 0 Å². The Morgan fingerprint density at radius 1 is 1.33 bits per heavy atom. The molecule has 2 aromatic rings. The van der Waals surface area contributed by atoms with Gasteiger partial charge in [0.25, 0.3) is 5.91 Å². The summed E-state index contributed by atoms with van der Waals surface area (Å²) < 4.78 is 0. The van der Waals surface area contributed by atoms with Crippen LogP contribution < -0.4 is 10.2 Å². The molecule has 1 aliphatic carbocycles. The Morgan fingerprint density at radius 2 is 2.04 bits per heavy atom. The Balaban J connectivity index is 1.37. The summed E-state index contributed by atoms with van der Waals surface area (Å²) in [7, 11) is 0. The van der Waals surface area contributed by atoms with Gasteiger partial charge in [-0.1, -0.05) is 26.0 Å². The molecule has 3 N–H and O–H groups in total. The van der Waals surface area contributed by atoms with Gasteiger partial charge in [-0.3, -0.25) is 14.7 Å². The molecule has 2 heterocycles. The SMILES string of the molecule is CC1(C)CN(c2ccc(CC(=O)Nc3cc(C4CC4)[nH]n3)cc2)C(=O)C1O. The van der Waals surface area contributed by atoms with Gasteiger partial charge >= 0.3 is 0 Å². The van der Waals surface area contributed by atoms with E-state index in [-0.39, 0.29) is 18.2 Å². The van der Waals surface area contributed by atoms with E-state index in [9.17, 15) is 14.7 Å². The monoisotopic (exact) mass is 368 g/mol. The molecule has 27 heavy (non-hydrogen) atoms. The number of aromatic amines is 1. The second-order valence-electron chi connectivity index (χ2n) is 8.19. The summed E-state index contributed by atoms with van der Waals surface area (Å²) in [6, 6.07) is 9.19. The molecule has 4 rings (SSSR count). The molecular formula is C20H24N4O3. The number of aliphatic hydroxyl groups is 1. The number of benzene rings is 1. The molecule has 0 radical (unpaired) electrons. The van der Waals surface area contributed by atoms with Gasteiger partial charge in [-0.05, 0) is 30.5 Å². The minimum atomic E-state index is -0.989. The molecule has 2 fully saturated rings. The van der Waals surface area contributed by atoms with Crippen molar-refractivity contribution in [1.29, 1.82) is 0 Å². The van der Waals surface area contributed by atoms with E-state index in [1.54, 1.807) is 4.90 Å². The third-order valence-electron chi connectivity index (χ3n) is 5.30. The first-order valence-electron chi connectivity index (χ1n) is 9.27. The lowest BCUT2D eigenvalue weighted by atomic mass is 9.90. The second-order valence-corrected chi connectivity index (χ2v) is 8.19. The van der Waals surface area contributed by atoms with Crippen molar-refractivity contribution in [3.05, 3.63) is 41.6 Å². The minimum Gasteiger partial charge on any atom is -0.383 e. The van der Waals surface area contributed by atoms with E-state index in [0.29, 0.717) is 18.3 Å². The highest BCUT2D eigenvalue weighted by molar-refractivity contribution is 5.99. The van der Waals surface area contributed by atoms with E-state index in [1.807, 2.05) is 44.2 Å². The fraction of sp³-hybridized carbons (Fsp3) is 0.450. The standard InChI is InChI=1S/C20H24N4O3/c1-20(2)11-24(19(27)18(20)26)14-7-3-12(4-8-14)9-17(25)21-16-10-15(22-23-16)13-5-6-13/h3-4,7-8,10,13,18,26H,5-6,9,11H2,1-2H3,(H2,21,22,23,25). The Kier molecular flexibility index (Phi) is 4.26. The number of aromatic nitrogens is 2. The Hall–Kier alpha value is -2.67. The van der Waals surface area contributed by atoms with E-state index in [2.05, 4.69) is 15.5 Å². The minimum absolute atomic E-state index is 0.134. The van der Waals surface area contributed by atoms with Gasteiger partial charge in [0.05, 0.1) is 6.42 Å².